The molecule has 16 heteroatoms. The molecule has 0 aromatic heterocycles. The van der Waals surface area contributed by atoms with E-state index in [1.165, 1.54) is 12.1 Å². The van der Waals surface area contributed by atoms with Gasteiger partial charge < -0.3 is 18.9 Å². The molecule has 78 heavy (non-hydrogen) atoms. The number of Topliss-reactive ketones (excluding diaryl/α,β-unsaturated/α-hetero) is 2. The molecular formula is C62H50Ag2Br2F4O6P2. The molecule has 0 radical (unpaired) electrons. The maximum Gasteiger partial charge on any atom is 1.00 e. The summed E-state index contributed by atoms with van der Waals surface area (Å²) in [6, 6.07) is 64.2. The molecule has 0 saturated carbocycles. The number of ketones is 2. The normalized spacial score (nSPS) is 14.4. The van der Waals surface area contributed by atoms with Crippen LogP contribution in [0.3, 0.4) is 0 Å². The second-order valence-corrected chi connectivity index (χ2v) is 23.6. The number of allylic oxidation sites excluding steroid dienone is 2. The van der Waals surface area contributed by atoms with Gasteiger partial charge in [-0.25, -0.2) is 17.6 Å². The van der Waals surface area contributed by atoms with Gasteiger partial charge in [-0.2, -0.15) is 0 Å². The number of carbonyl (C=O) groups is 2. The van der Waals surface area contributed by atoms with Crippen molar-refractivity contribution in [3.63, 3.8) is 0 Å². The summed E-state index contributed by atoms with van der Waals surface area (Å²) in [5.41, 5.74) is 3.01. The summed E-state index contributed by atoms with van der Waals surface area (Å²) in [4.78, 5) is 53.4. The summed E-state index contributed by atoms with van der Waals surface area (Å²) < 4.78 is 78.6. The molecule has 0 N–H and O–H groups in total. The molecule has 408 valence electrons. The van der Waals surface area contributed by atoms with Crippen molar-refractivity contribution in [3.05, 3.63) is 284 Å². The second-order valence-electron chi connectivity index (χ2n) is 17.9. The zero-order chi connectivity index (χ0) is 54.4. The van der Waals surface area contributed by atoms with Gasteiger partial charge >= 0.3 is 44.8 Å². The van der Waals surface area contributed by atoms with Gasteiger partial charge in [-0.1, -0.05) is 243 Å². The Morgan fingerprint density at radius 1 is 0.436 bits per heavy atom. The average Bonchev–Trinajstić information content (AvgIpc) is 3.45. The van der Waals surface area contributed by atoms with Crippen LogP contribution >= 0.6 is 46.6 Å². The van der Waals surface area contributed by atoms with Crippen molar-refractivity contribution in [2.75, 3.05) is 0 Å². The fourth-order valence-corrected chi connectivity index (χ4v) is 13.2. The van der Waals surface area contributed by atoms with E-state index in [4.69, 9.17) is 0 Å². The molecule has 0 heterocycles. The van der Waals surface area contributed by atoms with E-state index in [1.54, 1.807) is 60.7 Å². The van der Waals surface area contributed by atoms with E-state index in [9.17, 15) is 46.1 Å². The molecule has 6 nitrogen and oxygen atoms in total. The summed E-state index contributed by atoms with van der Waals surface area (Å²) in [6.07, 6.45) is 1.41. The molecule has 8 aromatic rings. The number of halogens is 6. The fourth-order valence-electron chi connectivity index (χ4n) is 9.11. The van der Waals surface area contributed by atoms with Gasteiger partial charge in [-0.3, -0.25) is 9.59 Å². The summed E-state index contributed by atoms with van der Waals surface area (Å²) in [5.74, 6) is -0.308. The molecule has 0 spiro atoms. The zero-order valence-electron chi connectivity index (χ0n) is 41.3. The first-order valence-electron chi connectivity index (χ1n) is 24.0. The molecule has 8 rings (SSSR count). The van der Waals surface area contributed by atoms with Crippen LogP contribution in [0.2, 0.25) is 0 Å². The molecule has 0 saturated heterocycles. The molecule has 0 aliphatic carbocycles. The summed E-state index contributed by atoms with van der Waals surface area (Å²) in [7, 11) is -10.4. The van der Waals surface area contributed by atoms with Crippen LogP contribution < -0.4 is 20.4 Å². The van der Waals surface area contributed by atoms with Crippen LogP contribution in [0.5, 0.6) is 0 Å². The van der Waals surface area contributed by atoms with E-state index in [2.05, 4.69) is 31.9 Å². The van der Waals surface area contributed by atoms with E-state index in [1.807, 2.05) is 158 Å². The van der Waals surface area contributed by atoms with E-state index < -0.39 is 48.5 Å². The average molecular weight is 1400 g/mol. The zero-order valence-corrected chi connectivity index (χ0v) is 49.2. The van der Waals surface area contributed by atoms with E-state index in [0.717, 1.165) is 34.4 Å². The Morgan fingerprint density at radius 2 is 0.718 bits per heavy atom. The molecule has 0 fully saturated rings. The number of rotatable bonds is 20. The molecule has 0 amide bonds. The van der Waals surface area contributed by atoms with Crippen LogP contribution in [0.15, 0.2) is 239 Å². The van der Waals surface area contributed by atoms with Crippen molar-refractivity contribution in [2.45, 2.75) is 48.8 Å². The molecule has 0 bridgehead atoms. The van der Waals surface area contributed by atoms with E-state index >= 15 is 0 Å². The minimum Gasteiger partial charge on any atom is -0.792 e. The summed E-state index contributed by atoms with van der Waals surface area (Å²) >= 11 is 6.57. The number of carbonyl (C=O) groups excluding carboxylic acids is 2. The third-order valence-electron chi connectivity index (χ3n) is 13.0. The van der Waals surface area contributed by atoms with Gasteiger partial charge in [0.2, 0.25) is 0 Å². The number of benzene rings is 8. The van der Waals surface area contributed by atoms with Crippen molar-refractivity contribution in [1.82, 2.24) is 0 Å². The summed E-state index contributed by atoms with van der Waals surface area (Å²) in [6.45, 7) is 0. The van der Waals surface area contributed by atoms with E-state index in [-0.39, 0.29) is 78.1 Å². The van der Waals surface area contributed by atoms with Crippen molar-refractivity contribution < 1.29 is 90.8 Å². The molecule has 0 aliphatic rings. The van der Waals surface area contributed by atoms with Gasteiger partial charge in [0.25, 0.3) is 12.3 Å². The smallest absolute Gasteiger partial charge is 0.792 e. The predicted molar refractivity (Wildman–Crippen MR) is 300 cm³/mol. The van der Waals surface area contributed by atoms with Crippen LogP contribution in [0.1, 0.15) is 66.9 Å². The van der Waals surface area contributed by atoms with Gasteiger partial charge in [0, 0.05) is 30.7 Å². The standard InChI is InChI=1S/2C31H26BrF2O3P.2Ag/c2*32-28-25(17-10-20-27(28)38(36,37)30(33)34)22-31(26-18-8-3-9-19-26,29(35)24-15-6-2-7-16-24)21-11-14-23-12-4-1-5-13-23;;/h2*1-20,30H,21-22H2,(H,36,37);;/q;;2*+1/p-2/b14-11+;;;. The SMILES string of the molecule is O=C(c1ccccc1)C(C/C=C/c1ccccc1)(Cc1cccc(P(=O)([O-])C(F)F)c1Br)c1ccccc1.O=C(c1ccccc1)C(CC=Cc1ccccc1)(Cc1cccc(P(=O)([O-])C(F)F)c1Br)c1ccccc1.[Ag+].[Ag+]. The number of alkyl halides is 4. The van der Waals surface area contributed by atoms with Crippen molar-refractivity contribution in [2.24, 2.45) is 0 Å². The molecule has 8 aromatic carbocycles. The largest absolute Gasteiger partial charge is 1.00 e. The fraction of sp³-hybridized carbons (Fsp3) is 0.129. The van der Waals surface area contributed by atoms with Gasteiger partial charge in [-0.15, -0.1) is 0 Å². The first kappa shape index (κ1) is 63.9. The Hall–Kier alpha value is -4.88. The first-order chi connectivity index (χ1) is 36.5. The number of hydrogen-bond acceptors (Lipinski definition) is 6. The minimum absolute atomic E-state index is 0. The predicted octanol–water partition coefficient (Wildman–Crippen LogP) is 14.8. The number of hydrogen-bond donors (Lipinski definition) is 0. The van der Waals surface area contributed by atoms with Crippen LogP contribution in [0, 0.1) is 0 Å². The Labute approximate surface area is 500 Å². The molecule has 4 unspecified atom stereocenters. The maximum atomic E-state index is 14.3. The van der Waals surface area contributed by atoms with Crippen LogP contribution in [0.25, 0.3) is 12.2 Å². The van der Waals surface area contributed by atoms with Crippen LogP contribution in [-0.4, -0.2) is 23.9 Å². The van der Waals surface area contributed by atoms with Crippen molar-refractivity contribution in [1.29, 1.82) is 0 Å². The maximum absolute atomic E-state index is 14.3. The monoisotopic (exact) mass is 1400 g/mol. The Balaban J connectivity index is 0.000000280. The summed E-state index contributed by atoms with van der Waals surface area (Å²) in [5, 5.41) is -0.946. The Morgan fingerprint density at radius 3 is 1.01 bits per heavy atom. The third kappa shape index (κ3) is 15.3. The first-order valence-corrected chi connectivity index (χ1v) is 29.0. The van der Waals surface area contributed by atoms with Gasteiger partial charge in [-0.05, 0) is 90.9 Å². The van der Waals surface area contributed by atoms with Gasteiger partial charge in [0.1, 0.15) is 14.7 Å². The van der Waals surface area contributed by atoms with Gasteiger partial charge in [0.05, 0.1) is 10.8 Å². The van der Waals surface area contributed by atoms with Crippen LogP contribution in [-0.2, 0) is 77.6 Å². The van der Waals surface area contributed by atoms with E-state index in [0.29, 0.717) is 35.1 Å². The van der Waals surface area contributed by atoms with Crippen LogP contribution in [0.4, 0.5) is 17.6 Å². The van der Waals surface area contributed by atoms with Crippen molar-refractivity contribution >= 4 is 80.9 Å². The topological polar surface area (TPSA) is 114 Å². The molecule has 4 atom stereocenters. The van der Waals surface area contributed by atoms with Gasteiger partial charge in [0.15, 0.2) is 11.6 Å². The molecule has 0 aliphatic heterocycles. The third-order valence-corrected chi connectivity index (χ3v) is 18.6. The quantitative estimate of drug-likeness (QED) is 0.0325. The minimum atomic E-state index is -5.19. The Kier molecular flexibility index (Phi) is 24.2. The second kappa shape index (κ2) is 29.5. The Bertz CT molecular complexity index is 3160. The van der Waals surface area contributed by atoms with Crippen molar-refractivity contribution in [3.8, 4) is 0 Å². The molecular weight excluding hydrogens is 1350 g/mol.